The minimum atomic E-state index is 0.443. The zero-order valence-electron chi connectivity index (χ0n) is 11.5. The number of hydrogen-bond donors (Lipinski definition) is 1. The van der Waals surface area contributed by atoms with Crippen molar-refractivity contribution in [2.75, 3.05) is 16.8 Å². The van der Waals surface area contributed by atoms with Crippen LogP contribution in [-0.4, -0.2) is 32.1 Å². The molecule has 1 atom stereocenters. The molecule has 1 saturated heterocycles. The second kappa shape index (κ2) is 5.41. The van der Waals surface area contributed by atoms with Crippen LogP contribution in [0.2, 0.25) is 0 Å². The van der Waals surface area contributed by atoms with Gasteiger partial charge in [0.2, 0.25) is 0 Å². The van der Waals surface area contributed by atoms with E-state index in [1.54, 1.807) is 0 Å². The van der Waals surface area contributed by atoms with Gasteiger partial charge in [0.05, 0.1) is 5.69 Å². The molecule has 2 aromatic heterocycles. The number of aromatic nitrogens is 3. The lowest BCUT2D eigenvalue weighted by molar-refractivity contribution is 0.682. The Hall–Kier alpha value is -1.23. The average Bonchev–Trinajstić information content (AvgIpc) is 2.85. The second-order valence-corrected chi connectivity index (χ2v) is 6.54. The summed E-state index contributed by atoms with van der Waals surface area (Å²) in [5, 5.41) is 8.18. The van der Waals surface area contributed by atoms with Crippen LogP contribution in [-0.2, 0) is 0 Å². The molecule has 1 aliphatic rings. The Labute approximate surface area is 118 Å². The molecule has 19 heavy (non-hydrogen) atoms. The maximum absolute atomic E-state index is 4.60. The number of hydrogen-bond acceptors (Lipinski definition) is 4. The number of thioether (sulfide) groups is 1. The van der Waals surface area contributed by atoms with Crippen molar-refractivity contribution in [1.29, 1.82) is 0 Å². The molecule has 0 saturated carbocycles. The summed E-state index contributed by atoms with van der Waals surface area (Å²) in [7, 11) is 0. The third-order valence-electron chi connectivity index (χ3n) is 3.50. The summed E-state index contributed by atoms with van der Waals surface area (Å²) >= 11 is 2.03. The standard InChI is InChI=1S/C14H20N4S/c1-10(2)12-8-13-14(15-5-6-18(13)17-12)16-11-4-3-7-19-9-11/h5-6,8,10-11H,3-4,7,9H2,1-2H3,(H,15,16). The van der Waals surface area contributed by atoms with E-state index in [0.717, 1.165) is 17.0 Å². The lowest BCUT2D eigenvalue weighted by Crippen LogP contribution is -2.26. The van der Waals surface area contributed by atoms with Crippen LogP contribution in [0.5, 0.6) is 0 Å². The molecule has 3 heterocycles. The molecule has 0 aliphatic carbocycles. The fourth-order valence-electron chi connectivity index (χ4n) is 2.38. The van der Waals surface area contributed by atoms with Crippen molar-refractivity contribution in [2.45, 2.75) is 38.6 Å². The van der Waals surface area contributed by atoms with E-state index in [0.29, 0.717) is 12.0 Å². The Kier molecular flexibility index (Phi) is 3.64. The Morgan fingerprint density at radius 1 is 1.47 bits per heavy atom. The monoisotopic (exact) mass is 276 g/mol. The first-order valence-electron chi connectivity index (χ1n) is 6.92. The quantitative estimate of drug-likeness (QED) is 0.935. The van der Waals surface area contributed by atoms with Crippen molar-refractivity contribution < 1.29 is 0 Å². The van der Waals surface area contributed by atoms with E-state index >= 15 is 0 Å². The third-order valence-corrected chi connectivity index (χ3v) is 4.72. The SMILES string of the molecule is CC(C)c1cc2c(NC3CCCSC3)nccn2n1. The van der Waals surface area contributed by atoms with E-state index in [1.165, 1.54) is 24.3 Å². The van der Waals surface area contributed by atoms with Crippen molar-refractivity contribution in [3.63, 3.8) is 0 Å². The van der Waals surface area contributed by atoms with Crippen molar-refractivity contribution in [1.82, 2.24) is 14.6 Å². The minimum absolute atomic E-state index is 0.443. The average molecular weight is 276 g/mol. The molecule has 1 aliphatic heterocycles. The molecule has 1 fully saturated rings. The van der Waals surface area contributed by atoms with E-state index in [-0.39, 0.29) is 0 Å². The van der Waals surface area contributed by atoms with Crippen LogP contribution < -0.4 is 5.32 Å². The van der Waals surface area contributed by atoms with E-state index in [2.05, 4.69) is 35.3 Å². The molecular formula is C14H20N4S. The van der Waals surface area contributed by atoms with Crippen LogP contribution in [0.3, 0.4) is 0 Å². The highest BCUT2D eigenvalue weighted by atomic mass is 32.2. The van der Waals surface area contributed by atoms with Gasteiger partial charge in [0, 0.05) is 24.2 Å². The van der Waals surface area contributed by atoms with Gasteiger partial charge in [-0.2, -0.15) is 16.9 Å². The Morgan fingerprint density at radius 3 is 3.11 bits per heavy atom. The summed E-state index contributed by atoms with van der Waals surface area (Å²) < 4.78 is 1.93. The van der Waals surface area contributed by atoms with Gasteiger partial charge >= 0.3 is 0 Å². The number of nitrogens with one attached hydrogen (secondary N) is 1. The van der Waals surface area contributed by atoms with Crippen molar-refractivity contribution in [3.05, 3.63) is 24.2 Å². The Balaban J connectivity index is 1.89. The summed E-state index contributed by atoms with van der Waals surface area (Å²) in [6.07, 6.45) is 6.27. The Bertz CT molecular complexity index is 558. The van der Waals surface area contributed by atoms with Crippen LogP contribution in [0.4, 0.5) is 5.82 Å². The van der Waals surface area contributed by atoms with Gasteiger partial charge in [-0.3, -0.25) is 0 Å². The van der Waals surface area contributed by atoms with Gasteiger partial charge in [0.15, 0.2) is 5.82 Å². The predicted molar refractivity (Wildman–Crippen MR) is 81.0 cm³/mol. The largest absolute Gasteiger partial charge is 0.365 e. The highest BCUT2D eigenvalue weighted by Crippen LogP contribution is 2.24. The normalized spacial score (nSPS) is 20.1. The van der Waals surface area contributed by atoms with Gasteiger partial charge in [-0.1, -0.05) is 13.8 Å². The number of rotatable bonds is 3. The first kappa shape index (κ1) is 12.8. The van der Waals surface area contributed by atoms with Crippen LogP contribution >= 0.6 is 11.8 Å². The van der Waals surface area contributed by atoms with Crippen LogP contribution in [0.1, 0.15) is 38.3 Å². The van der Waals surface area contributed by atoms with E-state index in [4.69, 9.17) is 0 Å². The predicted octanol–water partition coefficient (Wildman–Crippen LogP) is 3.16. The molecule has 0 radical (unpaired) electrons. The highest BCUT2D eigenvalue weighted by molar-refractivity contribution is 7.99. The summed E-state index contributed by atoms with van der Waals surface area (Å²) in [4.78, 5) is 4.49. The fraction of sp³-hybridized carbons (Fsp3) is 0.571. The fourth-order valence-corrected chi connectivity index (χ4v) is 3.45. The molecule has 1 N–H and O–H groups in total. The molecule has 3 rings (SSSR count). The van der Waals surface area contributed by atoms with Crippen LogP contribution in [0, 0.1) is 0 Å². The summed E-state index contributed by atoms with van der Waals surface area (Å²) in [5.74, 6) is 3.88. The van der Waals surface area contributed by atoms with E-state index < -0.39 is 0 Å². The second-order valence-electron chi connectivity index (χ2n) is 5.39. The topological polar surface area (TPSA) is 42.2 Å². The summed E-state index contributed by atoms with van der Waals surface area (Å²) in [6.45, 7) is 4.33. The van der Waals surface area contributed by atoms with Crippen molar-refractivity contribution in [3.8, 4) is 0 Å². The van der Waals surface area contributed by atoms with Gasteiger partial charge in [0.25, 0.3) is 0 Å². The molecule has 2 aromatic rings. The van der Waals surface area contributed by atoms with Crippen LogP contribution in [0.25, 0.3) is 5.52 Å². The maximum Gasteiger partial charge on any atom is 0.152 e. The van der Waals surface area contributed by atoms with Gasteiger partial charge in [-0.15, -0.1) is 0 Å². The van der Waals surface area contributed by atoms with Gasteiger partial charge in [-0.25, -0.2) is 9.50 Å². The molecule has 0 spiro atoms. The molecule has 0 aromatic carbocycles. The first-order valence-corrected chi connectivity index (χ1v) is 8.08. The summed E-state index contributed by atoms with van der Waals surface area (Å²) in [5.41, 5.74) is 2.20. The summed E-state index contributed by atoms with van der Waals surface area (Å²) in [6, 6.07) is 2.69. The highest BCUT2D eigenvalue weighted by Gasteiger charge is 2.16. The van der Waals surface area contributed by atoms with Gasteiger partial charge in [-0.05, 0) is 30.6 Å². The van der Waals surface area contributed by atoms with E-state index in [9.17, 15) is 0 Å². The third kappa shape index (κ3) is 2.71. The molecule has 1 unspecified atom stereocenters. The van der Waals surface area contributed by atoms with Gasteiger partial charge in [0.1, 0.15) is 5.52 Å². The zero-order chi connectivity index (χ0) is 13.2. The van der Waals surface area contributed by atoms with Gasteiger partial charge < -0.3 is 5.32 Å². The first-order chi connectivity index (χ1) is 9.24. The van der Waals surface area contributed by atoms with Crippen molar-refractivity contribution in [2.24, 2.45) is 0 Å². The van der Waals surface area contributed by atoms with Crippen LogP contribution in [0.15, 0.2) is 18.5 Å². The number of nitrogens with zero attached hydrogens (tertiary/aromatic N) is 3. The molecule has 0 amide bonds. The lowest BCUT2D eigenvalue weighted by Gasteiger charge is -2.23. The molecule has 5 heteroatoms. The molecule has 102 valence electrons. The maximum atomic E-state index is 4.60. The lowest BCUT2D eigenvalue weighted by atomic mass is 10.1. The minimum Gasteiger partial charge on any atom is -0.365 e. The number of fused-ring (bicyclic) bond motifs is 1. The number of anilines is 1. The molecule has 4 nitrogen and oxygen atoms in total. The van der Waals surface area contributed by atoms with E-state index in [1.807, 2.05) is 28.7 Å². The smallest absolute Gasteiger partial charge is 0.152 e. The zero-order valence-corrected chi connectivity index (χ0v) is 12.3. The van der Waals surface area contributed by atoms with Crippen molar-refractivity contribution >= 4 is 23.1 Å². The molecular weight excluding hydrogens is 256 g/mol. The Morgan fingerprint density at radius 2 is 2.37 bits per heavy atom. The molecule has 0 bridgehead atoms.